The average Bonchev–Trinajstić information content (AvgIpc) is 2.91. The van der Waals surface area contributed by atoms with Gasteiger partial charge in [0.25, 0.3) is 0 Å². The molecule has 3 aromatic carbocycles. The second kappa shape index (κ2) is 12.1. The van der Waals surface area contributed by atoms with Gasteiger partial charge in [-0.05, 0) is 35.2 Å². The second-order valence-corrected chi connectivity index (χ2v) is 9.08. The van der Waals surface area contributed by atoms with Crippen molar-refractivity contribution in [1.82, 2.24) is 15.6 Å². The molecule has 3 aromatic rings. The number of nitrogens with one attached hydrogen (secondary N) is 3. The Morgan fingerprint density at radius 3 is 2.19 bits per heavy atom. The van der Waals surface area contributed by atoms with Gasteiger partial charge < -0.3 is 21.1 Å². The van der Waals surface area contributed by atoms with Gasteiger partial charge >= 0.3 is 0 Å². The summed E-state index contributed by atoms with van der Waals surface area (Å²) in [5.74, 6) is -0.776. The normalized spacial score (nSPS) is 16.9. The molecule has 1 aliphatic rings. The van der Waals surface area contributed by atoms with E-state index < -0.39 is 5.54 Å². The van der Waals surface area contributed by atoms with Crippen LogP contribution in [-0.4, -0.2) is 40.7 Å². The van der Waals surface area contributed by atoms with Crippen molar-refractivity contribution in [2.45, 2.75) is 37.9 Å². The number of carbonyl (C=O) groups excluding carboxylic acids is 2. The summed E-state index contributed by atoms with van der Waals surface area (Å²) in [7, 11) is 0. The molecular weight excluding hydrogens is 469 g/mol. The fourth-order valence-electron chi connectivity index (χ4n) is 4.42. The van der Waals surface area contributed by atoms with Gasteiger partial charge in [-0.3, -0.25) is 9.59 Å². The standard InChI is InChI=1S/C29H30FN5O2/c30-25-13-11-22(12-14-25)15-16-35-27(36)18-29(35,28(37)32-19-23-7-3-1-4-8-23)17-26(31)21-34-33-20-24-9-5-2-6-10-24/h1-14,21,31,33H,15-20H2,(H,32,37)/b31-26?,34-21-/t29-/m0/s1. The maximum atomic E-state index is 13.5. The van der Waals surface area contributed by atoms with E-state index in [0.717, 1.165) is 16.7 Å². The van der Waals surface area contributed by atoms with Crippen LogP contribution in [-0.2, 0) is 29.1 Å². The van der Waals surface area contributed by atoms with E-state index in [9.17, 15) is 14.0 Å². The minimum absolute atomic E-state index is 0.0186. The van der Waals surface area contributed by atoms with E-state index in [0.29, 0.717) is 26.1 Å². The number of nitrogens with zero attached hydrogens (tertiary/aromatic N) is 2. The lowest BCUT2D eigenvalue weighted by atomic mass is 9.78. The number of carbonyl (C=O) groups is 2. The van der Waals surface area contributed by atoms with Gasteiger partial charge in [0.1, 0.15) is 11.4 Å². The number of hydrogen-bond acceptors (Lipinski definition) is 5. The fourth-order valence-corrected chi connectivity index (χ4v) is 4.42. The zero-order chi connectivity index (χ0) is 26.1. The van der Waals surface area contributed by atoms with Crippen LogP contribution in [0, 0.1) is 11.2 Å². The topological polar surface area (TPSA) is 97.6 Å². The molecule has 0 aromatic heterocycles. The molecule has 37 heavy (non-hydrogen) atoms. The van der Waals surface area contributed by atoms with Crippen molar-refractivity contribution < 1.29 is 14.0 Å². The first-order valence-corrected chi connectivity index (χ1v) is 12.2. The summed E-state index contributed by atoms with van der Waals surface area (Å²) in [6, 6.07) is 25.4. The van der Waals surface area contributed by atoms with Crippen molar-refractivity contribution in [3.05, 3.63) is 107 Å². The largest absolute Gasteiger partial charge is 0.350 e. The first kappa shape index (κ1) is 25.8. The third kappa shape index (κ3) is 6.67. The van der Waals surface area contributed by atoms with Gasteiger partial charge in [-0.1, -0.05) is 72.8 Å². The number of hydrazone groups is 1. The molecular formula is C29H30FN5O2. The van der Waals surface area contributed by atoms with Crippen molar-refractivity contribution >= 4 is 23.7 Å². The number of halogens is 1. The number of β-lactam (4-membered cyclic amide) rings is 1. The van der Waals surface area contributed by atoms with Crippen molar-refractivity contribution in [1.29, 1.82) is 5.41 Å². The van der Waals surface area contributed by atoms with Crippen LogP contribution < -0.4 is 10.7 Å². The summed E-state index contributed by atoms with van der Waals surface area (Å²) < 4.78 is 13.3. The van der Waals surface area contributed by atoms with Crippen LogP contribution in [0.3, 0.4) is 0 Å². The summed E-state index contributed by atoms with van der Waals surface area (Å²) in [5.41, 5.74) is 4.74. The Hall–Kier alpha value is -4.33. The lowest BCUT2D eigenvalue weighted by Gasteiger charge is -2.50. The van der Waals surface area contributed by atoms with E-state index in [2.05, 4.69) is 15.8 Å². The first-order valence-electron chi connectivity index (χ1n) is 12.2. The smallest absolute Gasteiger partial charge is 0.247 e. The van der Waals surface area contributed by atoms with Gasteiger partial charge in [-0.2, -0.15) is 5.10 Å². The molecule has 0 spiro atoms. The molecule has 1 saturated heterocycles. The highest BCUT2D eigenvalue weighted by Crippen LogP contribution is 2.36. The Balaban J connectivity index is 1.44. The van der Waals surface area contributed by atoms with Crippen molar-refractivity contribution in [3.63, 3.8) is 0 Å². The van der Waals surface area contributed by atoms with E-state index in [1.54, 1.807) is 12.1 Å². The van der Waals surface area contributed by atoms with Gasteiger partial charge in [0.15, 0.2) is 0 Å². The van der Waals surface area contributed by atoms with E-state index in [4.69, 9.17) is 5.41 Å². The Morgan fingerprint density at radius 1 is 0.946 bits per heavy atom. The fraction of sp³-hybridized carbons (Fsp3) is 0.241. The predicted molar refractivity (Wildman–Crippen MR) is 142 cm³/mol. The van der Waals surface area contributed by atoms with Gasteiger partial charge in [-0.15, -0.1) is 0 Å². The molecule has 190 valence electrons. The van der Waals surface area contributed by atoms with E-state index in [1.807, 2.05) is 60.7 Å². The number of amides is 2. The molecule has 1 fully saturated rings. The SMILES string of the molecule is N=C(/C=N\NCc1ccccc1)C[C@@]1(C(=O)NCc2ccccc2)CC(=O)N1CCc1ccc(F)cc1. The first-order chi connectivity index (χ1) is 18.0. The lowest BCUT2D eigenvalue weighted by molar-refractivity contribution is -0.165. The molecule has 7 nitrogen and oxygen atoms in total. The number of benzene rings is 3. The lowest BCUT2D eigenvalue weighted by Crippen LogP contribution is -2.71. The third-order valence-corrected chi connectivity index (χ3v) is 6.44. The van der Waals surface area contributed by atoms with Crippen molar-refractivity contribution in [3.8, 4) is 0 Å². The van der Waals surface area contributed by atoms with Crippen molar-refractivity contribution in [2.75, 3.05) is 6.54 Å². The molecule has 2 amide bonds. The highest BCUT2D eigenvalue weighted by molar-refractivity contribution is 6.30. The Labute approximate surface area is 215 Å². The molecule has 0 unspecified atom stereocenters. The molecule has 1 atom stereocenters. The maximum absolute atomic E-state index is 13.5. The number of likely N-dealkylation sites (tertiary alicyclic amines) is 1. The zero-order valence-electron chi connectivity index (χ0n) is 20.5. The summed E-state index contributed by atoms with van der Waals surface area (Å²) >= 11 is 0. The molecule has 1 aliphatic heterocycles. The minimum Gasteiger partial charge on any atom is -0.350 e. The molecule has 8 heteroatoms. The highest BCUT2D eigenvalue weighted by atomic mass is 19.1. The van der Waals surface area contributed by atoms with Crippen LogP contribution in [0.25, 0.3) is 0 Å². The van der Waals surface area contributed by atoms with E-state index in [-0.39, 0.29) is 36.2 Å². The van der Waals surface area contributed by atoms with Crippen molar-refractivity contribution in [2.24, 2.45) is 5.10 Å². The summed E-state index contributed by atoms with van der Waals surface area (Å²) in [6.45, 7) is 1.12. The van der Waals surface area contributed by atoms with Gasteiger partial charge in [0.05, 0.1) is 24.9 Å². The Kier molecular flexibility index (Phi) is 8.40. The summed E-state index contributed by atoms with van der Waals surface area (Å²) in [5, 5.41) is 15.6. The van der Waals surface area contributed by atoms with E-state index in [1.165, 1.54) is 23.2 Å². The van der Waals surface area contributed by atoms with Crippen LogP contribution in [0.1, 0.15) is 29.5 Å². The molecule has 0 saturated carbocycles. The van der Waals surface area contributed by atoms with Crippen LogP contribution >= 0.6 is 0 Å². The summed E-state index contributed by atoms with van der Waals surface area (Å²) in [6.07, 6.45) is 1.92. The second-order valence-electron chi connectivity index (χ2n) is 9.08. The third-order valence-electron chi connectivity index (χ3n) is 6.44. The van der Waals surface area contributed by atoms with Gasteiger partial charge in [0.2, 0.25) is 11.8 Å². The molecule has 0 aliphatic carbocycles. The highest BCUT2D eigenvalue weighted by Gasteiger charge is 2.56. The van der Waals surface area contributed by atoms with Gasteiger partial charge in [0, 0.05) is 19.5 Å². The number of rotatable bonds is 12. The van der Waals surface area contributed by atoms with Gasteiger partial charge in [-0.25, -0.2) is 4.39 Å². The molecule has 1 heterocycles. The summed E-state index contributed by atoms with van der Waals surface area (Å²) in [4.78, 5) is 27.7. The monoisotopic (exact) mass is 499 g/mol. The minimum atomic E-state index is -1.17. The predicted octanol–water partition coefficient (Wildman–Crippen LogP) is 3.84. The average molecular weight is 500 g/mol. The molecule has 0 bridgehead atoms. The molecule has 3 N–H and O–H groups in total. The van der Waals surface area contributed by atoms with Crippen LogP contribution in [0.2, 0.25) is 0 Å². The van der Waals surface area contributed by atoms with E-state index >= 15 is 0 Å². The van der Waals surface area contributed by atoms with Crippen LogP contribution in [0.4, 0.5) is 4.39 Å². The van der Waals surface area contributed by atoms with Crippen LogP contribution in [0.5, 0.6) is 0 Å². The molecule has 0 radical (unpaired) electrons. The Bertz CT molecular complexity index is 1250. The maximum Gasteiger partial charge on any atom is 0.247 e. The number of hydrogen-bond donors (Lipinski definition) is 3. The Morgan fingerprint density at radius 2 is 1.57 bits per heavy atom. The quantitative estimate of drug-likeness (QED) is 0.201. The molecule has 4 rings (SSSR count). The zero-order valence-corrected chi connectivity index (χ0v) is 20.5. The van der Waals surface area contributed by atoms with Crippen LogP contribution in [0.15, 0.2) is 90.0 Å².